The fraction of sp³-hybridized carbons (Fsp3) is 0.368. The number of hydrogen-bond donors (Lipinski definition) is 0. The molecular formula is C19H22ClFN2O2S. The highest BCUT2D eigenvalue weighted by Crippen LogP contribution is 2.21. The van der Waals surface area contributed by atoms with Crippen LogP contribution in [0.1, 0.15) is 18.1 Å². The molecule has 0 amide bonds. The van der Waals surface area contributed by atoms with Crippen molar-refractivity contribution in [1.82, 2.24) is 9.21 Å². The zero-order valence-corrected chi connectivity index (χ0v) is 16.2. The molecule has 1 saturated heterocycles. The van der Waals surface area contributed by atoms with Gasteiger partial charge in [0.25, 0.3) is 0 Å². The molecule has 0 bridgehead atoms. The number of hydrogen-bond acceptors (Lipinski definition) is 3. The van der Waals surface area contributed by atoms with Crippen LogP contribution < -0.4 is 0 Å². The van der Waals surface area contributed by atoms with E-state index in [1.807, 2.05) is 19.1 Å². The van der Waals surface area contributed by atoms with Gasteiger partial charge >= 0.3 is 0 Å². The average molecular weight is 397 g/mol. The van der Waals surface area contributed by atoms with E-state index in [0.717, 1.165) is 17.5 Å². The fourth-order valence-corrected chi connectivity index (χ4v) is 4.70. The normalized spacial score (nSPS) is 16.7. The molecule has 0 atom stereocenters. The lowest BCUT2D eigenvalue weighted by Crippen LogP contribution is -2.48. The summed E-state index contributed by atoms with van der Waals surface area (Å²) in [6, 6.07) is 11.8. The topological polar surface area (TPSA) is 40.6 Å². The van der Waals surface area contributed by atoms with E-state index < -0.39 is 15.8 Å². The second kappa shape index (κ2) is 8.05. The molecule has 4 nitrogen and oxygen atoms in total. The highest BCUT2D eigenvalue weighted by molar-refractivity contribution is 7.89. The average Bonchev–Trinajstić information content (AvgIpc) is 2.65. The molecule has 0 aliphatic carbocycles. The molecule has 0 radical (unpaired) electrons. The lowest BCUT2D eigenvalue weighted by atomic mass is 10.2. The Bertz CT molecular complexity index is 864. The molecule has 26 heavy (non-hydrogen) atoms. The molecular weight excluding hydrogens is 375 g/mol. The van der Waals surface area contributed by atoms with Gasteiger partial charge in [-0.05, 0) is 41.8 Å². The number of sulfonamides is 1. The zero-order valence-electron chi connectivity index (χ0n) is 14.7. The second-order valence-electron chi connectivity index (χ2n) is 6.43. The summed E-state index contributed by atoms with van der Waals surface area (Å²) in [5, 5.41) is 0.110. The molecule has 2 aromatic carbocycles. The Morgan fingerprint density at radius 2 is 1.62 bits per heavy atom. The first kappa shape index (κ1) is 19.3. The van der Waals surface area contributed by atoms with Crippen LogP contribution in [0.4, 0.5) is 4.39 Å². The van der Waals surface area contributed by atoms with Crippen molar-refractivity contribution < 1.29 is 12.8 Å². The van der Waals surface area contributed by atoms with Crippen LogP contribution in [-0.4, -0.2) is 43.8 Å². The summed E-state index contributed by atoms with van der Waals surface area (Å²) in [7, 11) is -3.46. The van der Waals surface area contributed by atoms with Crippen molar-refractivity contribution >= 4 is 21.6 Å². The predicted octanol–water partition coefficient (Wildman–Crippen LogP) is 3.55. The first-order valence-corrected chi connectivity index (χ1v) is 10.5. The lowest BCUT2D eigenvalue weighted by Gasteiger charge is -2.34. The third kappa shape index (κ3) is 4.26. The minimum Gasteiger partial charge on any atom is -0.296 e. The molecule has 140 valence electrons. The van der Waals surface area contributed by atoms with E-state index in [-0.39, 0.29) is 5.02 Å². The number of aryl methyl sites for hydroxylation is 1. The van der Waals surface area contributed by atoms with E-state index in [0.29, 0.717) is 37.6 Å². The van der Waals surface area contributed by atoms with Crippen molar-refractivity contribution in [2.75, 3.05) is 26.2 Å². The summed E-state index contributed by atoms with van der Waals surface area (Å²) in [4.78, 5) is 2.49. The summed E-state index contributed by atoms with van der Waals surface area (Å²) in [5.74, 6) is -0.430. The third-order valence-corrected chi connectivity index (χ3v) is 6.89. The lowest BCUT2D eigenvalue weighted by molar-refractivity contribution is 0.181. The van der Waals surface area contributed by atoms with Gasteiger partial charge < -0.3 is 0 Å². The van der Waals surface area contributed by atoms with Crippen molar-refractivity contribution in [3.63, 3.8) is 0 Å². The van der Waals surface area contributed by atoms with Gasteiger partial charge in [0.2, 0.25) is 10.0 Å². The summed E-state index contributed by atoms with van der Waals surface area (Å²) in [6.45, 7) is 4.79. The van der Waals surface area contributed by atoms with Gasteiger partial charge in [0.05, 0.1) is 9.92 Å². The van der Waals surface area contributed by atoms with E-state index in [1.165, 1.54) is 10.4 Å². The van der Waals surface area contributed by atoms with Crippen LogP contribution in [0, 0.1) is 5.82 Å². The monoisotopic (exact) mass is 396 g/mol. The van der Waals surface area contributed by atoms with Crippen molar-refractivity contribution in [2.24, 2.45) is 0 Å². The Labute approximate surface area is 159 Å². The number of halogens is 2. The second-order valence-corrected chi connectivity index (χ2v) is 8.77. The van der Waals surface area contributed by atoms with Crippen LogP contribution >= 0.6 is 11.6 Å². The maximum atomic E-state index is 13.2. The third-order valence-electron chi connectivity index (χ3n) is 4.69. The van der Waals surface area contributed by atoms with Gasteiger partial charge in [-0.2, -0.15) is 4.31 Å². The van der Waals surface area contributed by atoms with Crippen LogP contribution in [0.5, 0.6) is 0 Å². The maximum absolute atomic E-state index is 13.2. The van der Waals surface area contributed by atoms with Gasteiger partial charge in [-0.25, -0.2) is 12.8 Å². The Morgan fingerprint density at radius 3 is 2.19 bits per heavy atom. The van der Waals surface area contributed by atoms with Crippen LogP contribution in [0.15, 0.2) is 47.4 Å². The maximum Gasteiger partial charge on any atom is 0.243 e. The standard InChI is InChI=1S/C19H22ClFN2O2S/c1-2-15-3-6-17(7-4-15)26(24,25)23-11-9-22(10-12-23)14-16-5-8-19(21)18(20)13-16/h3-8,13H,2,9-12,14H2,1H3. The zero-order chi connectivity index (χ0) is 18.7. The minimum atomic E-state index is -3.46. The van der Waals surface area contributed by atoms with Gasteiger partial charge in [-0.3, -0.25) is 4.90 Å². The van der Waals surface area contributed by atoms with E-state index in [1.54, 1.807) is 24.3 Å². The van der Waals surface area contributed by atoms with Crippen molar-refractivity contribution in [3.05, 3.63) is 64.4 Å². The van der Waals surface area contributed by atoms with Gasteiger partial charge in [0.15, 0.2) is 0 Å². The highest BCUT2D eigenvalue weighted by Gasteiger charge is 2.28. The SMILES string of the molecule is CCc1ccc(S(=O)(=O)N2CCN(Cc3ccc(F)c(Cl)c3)CC2)cc1. The Balaban J connectivity index is 1.62. The number of piperazine rings is 1. The quantitative estimate of drug-likeness (QED) is 0.776. The molecule has 0 unspecified atom stereocenters. The summed E-state index contributed by atoms with van der Waals surface area (Å²) in [6.07, 6.45) is 0.881. The smallest absolute Gasteiger partial charge is 0.243 e. The summed E-state index contributed by atoms with van der Waals surface area (Å²) in [5.41, 5.74) is 2.04. The first-order valence-electron chi connectivity index (χ1n) is 8.65. The van der Waals surface area contributed by atoms with Crippen molar-refractivity contribution in [3.8, 4) is 0 Å². The van der Waals surface area contributed by atoms with Crippen LogP contribution in [0.25, 0.3) is 0 Å². The van der Waals surface area contributed by atoms with Gasteiger partial charge in [-0.1, -0.05) is 36.7 Å². The van der Waals surface area contributed by atoms with E-state index in [9.17, 15) is 12.8 Å². The van der Waals surface area contributed by atoms with Crippen LogP contribution in [0.3, 0.4) is 0 Å². The van der Waals surface area contributed by atoms with Crippen molar-refractivity contribution in [1.29, 1.82) is 0 Å². The number of benzene rings is 2. The molecule has 3 rings (SSSR count). The molecule has 0 saturated carbocycles. The van der Waals surface area contributed by atoms with Gasteiger partial charge in [0.1, 0.15) is 5.82 Å². The van der Waals surface area contributed by atoms with Crippen LogP contribution in [0.2, 0.25) is 5.02 Å². The van der Waals surface area contributed by atoms with E-state index in [4.69, 9.17) is 11.6 Å². The Morgan fingerprint density at radius 1 is 1.00 bits per heavy atom. The largest absolute Gasteiger partial charge is 0.296 e. The van der Waals surface area contributed by atoms with Gasteiger partial charge in [0, 0.05) is 32.7 Å². The predicted molar refractivity (Wildman–Crippen MR) is 101 cm³/mol. The number of nitrogens with zero attached hydrogens (tertiary/aromatic N) is 2. The Hall–Kier alpha value is -1.47. The first-order chi connectivity index (χ1) is 12.4. The molecule has 1 aliphatic heterocycles. The fourth-order valence-electron chi connectivity index (χ4n) is 3.07. The molecule has 0 aromatic heterocycles. The summed E-state index contributed by atoms with van der Waals surface area (Å²) < 4.78 is 40.3. The molecule has 7 heteroatoms. The minimum absolute atomic E-state index is 0.110. The molecule has 2 aromatic rings. The highest BCUT2D eigenvalue weighted by atomic mass is 35.5. The van der Waals surface area contributed by atoms with E-state index >= 15 is 0 Å². The van der Waals surface area contributed by atoms with Crippen molar-refractivity contribution in [2.45, 2.75) is 24.8 Å². The molecule has 0 spiro atoms. The van der Waals surface area contributed by atoms with E-state index in [2.05, 4.69) is 4.90 Å². The number of rotatable bonds is 5. The molecule has 1 heterocycles. The molecule has 0 N–H and O–H groups in total. The Kier molecular flexibility index (Phi) is 5.97. The van der Waals surface area contributed by atoms with Crippen LogP contribution in [-0.2, 0) is 23.0 Å². The summed E-state index contributed by atoms with van der Waals surface area (Å²) >= 11 is 5.82. The molecule has 1 fully saturated rings. The van der Waals surface area contributed by atoms with Gasteiger partial charge in [-0.15, -0.1) is 0 Å². The molecule has 1 aliphatic rings.